The van der Waals surface area contributed by atoms with E-state index in [1.54, 1.807) is 18.2 Å². The van der Waals surface area contributed by atoms with Crippen LogP contribution in [0.1, 0.15) is 12.8 Å². The SMILES string of the molecule is COc1cc2ncnc(-c3ccc(NS(=O)(=O)N4CCCC4)c(F)c3)c2cc1OC. The first-order valence-electron chi connectivity index (χ1n) is 9.37. The highest BCUT2D eigenvalue weighted by Crippen LogP contribution is 2.35. The van der Waals surface area contributed by atoms with E-state index in [4.69, 9.17) is 9.47 Å². The lowest BCUT2D eigenvalue weighted by Gasteiger charge is -2.17. The summed E-state index contributed by atoms with van der Waals surface area (Å²) in [5.41, 5.74) is 1.48. The second-order valence-corrected chi connectivity index (χ2v) is 8.53. The molecular weight excluding hydrogens is 411 g/mol. The fraction of sp³-hybridized carbons (Fsp3) is 0.300. The fourth-order valence-electron chi connectivity index (χ4n) is 3.49. The molecule has 1 aromatic heterocycles. The molecule has 10 heteroatoms. The van der Waals surface area contributed by atoms with Gasteiger partial charge in [0.05, 0.1) is 31.1 Å². The zero-order valence-electron chi connectivity index (χ0n) is 16.6. The highest BCUT2D eigenvalue weighted by atomic mass is 32.2. The summed E-state index contributed by atoms with van der Waals surface area (Å²) in [5, 5.41) is 0.653. The van der Waals surface area contributed by atoms with Crippen molar-refractivity contribution in [2.24, 2.45) is 0 Å². The predicted molar refractivity (Wildman–Crippen MR) is 111 cm³/mol. The van der Waals surface area contributed by atoms with Crippen molar-refractivity contribution in [2.45, 2.75) is 12.8 Å². The van der Waals surface area contributed by atoms with Gasteiger partial charge < -0.3 is 9.47 Å². The minimum Gasteiger partial charge on any atom is -0.493 e. The molecule has 1 N–H and O–H groups in total. The number of hydrogen-bond donors (Lipinski definition) is 1. The minimum absolute atomic E-state index is 0.108. The normalized spacial score (nSPS) is 14.8. The summed E-state index contributed by atoms with van der Waals surface area (Å²) in [5.74, 6) is 0.325. The molecule has 30 heavy (non-hydrogen) atoms. The van der Waals surface area contributed by atoms with Crippen molar-refractivity contribution >= 4 is 26.8 Å². The minimum atomic E-state index is -3.78. The van der Waals surface area contributed by atoms with Crippen molar-refractivity contribution in [3.05, 3.63) is 42.5 Å². The number of nitrogens with one attached hydrogen (secondary N) is 1. The molecule has 8 nitrogen and oxygen atoms in total. The van der Waals surface area contributed by atoms with Gasteiger partial charge in [0.15, 0.2) is 11.5 Å². The Kier molecular flexibility index (Phi) is 5.44. The largest absolute Gasteiger partial charge is 0.493 e. The van der Waals surface area contributed by atoms with Crippen LogP contribution in [0.4, 0.5) is 10.1 Å². The van der Waals surface area contributed by atoms with E-state index in [2.05, 4.69) is 14.7 Å². The number of halogens is 1. The number of rotatable bonds is 6. The van der Waals surface area contributed by atoms with Crippen molar-refractivity contribution in [1.29, 1.82) is 0 Å². The van der Waals surface area contributed by atoms with E-state index in [1.165, 1.54) is 37.0 Å². The Labute approximate surface area is 173 Å². The maximum Gasteiger partial charge on any atom is 0.301 e. The molecule has 4 rings (SSSR count). The van der Waals surface area contributed by atoms with Gasteiger partial charge in [0.2, 0.25) is 0 Å². The second-order valence-electron chi connectivity index (χ2n) is 6.85. The molecule has 158 valence electrons. The quantitative estimate of drug-likeness (QED) is 0.643. The van der Waals surface area contributed by atoms with Crippen LogP contribution in [-0.4, -0.2) is 50.0 Å². The predicted octanol–water partition coefficient (Wildman–Crippen LogP) is 3.21. The van der Waals surface area contributed by atoms with E-state index in [-0.39, 0.29) is 5.69 Å². The van der Waals surface area contributed by atoms with Crippen LogP contribution in [0.5, 0.6) is 11.5 Å². The van der Waals surface area contributed by atoms with Crippen molar-refractivity contribution in [1.82, 2.24) is 14.3 Å². The lowest BCUT2D eigenvalue weighted by molar-refractivity contribution is 0.356. The Morgan fingerprint density at radius 1 is 1.03 bits per heavy atom. The Morgan fingerprint density at radius 2 is 1.73 bits per heavy atom. The molecule has 2 heterocycles. The van der Waals surface area contributed by atoms with Crippen LogP contribution in [0.15, 0.2) is 36.7 Å². The highest BCUT2D eigenvalue weighted by Gasteiger charge is 2.26. The number of fused-ring (bicyclic) bond motifs is 1. The van der Waals surface area contributed by atoms with Crippen LogP contribution >= 0.6 is 0 Å². The maximum atomic E-state index is 14.8. The van der Waals surface area contributed by atoms with Crippen LogP contribution in [0.2, 0.25) is 0 Å². The van der Waals surface area contributed by atoms with Gasteiger partial charge in [0, 0.05) is 30.1 Å². The van der Waals surface area contributed by atoms with Gasteiger partial charge >= 0.3 is 10.2 Å². The second kappa shape index (κ2) is 8.04. The molecule has 0 aliphatic carbocycles. The molecule has 1 saturated heterocycles. The van der Waals surface area contributed by atoms with Gasteiger partial charge in [-0.15, -0.1) is 0 Å². The molecule has 2 aromatic carbocycles. The molecule has 3 aromatic rings. The number of hydrogen-bond acceptors (Lipinski definition) is 6. The number of methoxy groups -OCH3 is 2. The van der Waals surface area contributed by atoms with Crippen molar-refractivity contribution < 1.29 is 22.3 Å². The van der Waals surface area contributed by atoms with Crippen LogP contribution < -0.4 is 14.2 Å². The molecule has 1 aliphatic heterocycles. The molecule has 0 unspecified atom stereocenters. The van der Waals surface area contributed by atoms with Gasteiger partial charge in [-0.25, -0.2) is 14.4 Å². The van der Waals surface area contributed by atoms with Gasteiger partial charge in [-0.2, -0.15) is 12.7 Å². The third-order valence-corrected chi connectivity index (χ3v) is 6.55. The number of benzene rings is 2. The maximum absolute atomic E-state index is 14.8. The number of ether oxygens (including phenoxy) is 2. The van der Waals surface area contributed by atoms with Crippen molar-refractivity contribution in [2.75, 3.05) is 32.0 Å². The third-order valence-electron chi connectivity index (χ3n) is 5.03. The van der Waals surface area contributed by atoms with Gasteiger partial charge in [-0.3, -0.25) is 4.72 Å². The lowest BCUT2D eigenvalue weighted by Crippen LogP contribution is -2.33. The Balaban J connectivity index is 1.71. The Bertz CT molecular complexity index is 1200. The van der Waals surface area contributed by atoms with Crippen LogP contribution in [0.25, 0.3) is 22.2 Å². The first-order chi connectivity index (χ1) is 14.4. The summed E-state index contributed by atoms with van der Waals surface area (Å²) in [7, 11) is -0.724. The van der Waals surface area contributed by atoms with Gasteiger partial charge in [0.1, 0.15) is 12.1 Å². The monoisotopic (exact) mass is 432 g/mol. The van der Waals surface area contributed by atoms with Gasteiger partial charge in [-0.05, 0) is 31.0 Å². The lowest BCUT2D eigenvalue weighted by atomic mass is 10.1. The number of anilines is 1. The molecule has 0 radical (unpaired) electrons. The Hall–Kier alpha value is -2.98. The first-order valence-corrected chi connectivity index (χ1v) is 10.8. The highest BCUT2D eigenvalue weighted by molar-refractivity contribution is 7.90. The van der Waals surface area contributed by atoms with E-state index in [0.717, 1.165) is 12.8 Å². The molecule has 0 amide bonds. The zero-order valence-corrected chi connectivity index (χ0v) is 17.4. The van der Waals surface area contributed by atoms with Crippen molar-refractivity contribution in [3.63, 3.8) is 0 Å². The molecule has 1 fully saturated rings. The number of nitrogens with zero attached hydrogens (tertiary/aromatic N) is 3. The van der Waals surface area contributed by atoms with Crippen molar-refractivity contribution in [3.8, 4) is 22.8 Å². The summed E-state index contributed by atoms with van der Waals surface area (Å²) >= 11 is 0. The number of aromatic nitrogens is 2. The zero-order chi connectivity index (χ0) is 21.3. The van der Waals surface area contributed by atoms with E-state index < -0.39 is 16.0 Å². The van der Waals surface area contributed by atoms with Gasteiger partial charge in [-0.1, -0.05) is 6.07 Å². The molecule has 1 aliphatic rings. The summed E-state index contributed by atoms with van der Waals surface area (Å²) in [6, 6.07) is 7.70. The molecule has 0 atom stereocenters. The van der Waals surface area contributed by atoms with Crippen LogP contribution in [0.3, 0.4) is 0 Å². The average Bonchev–Trinajstić information content (AvgIpc) is 3.29. The summed E-state index contributed by atoms with van der Waals surface area (Å²) in [4.78, 5) is 8.54. The molecule has 0 saturated carbocycles. The average molecular weight is 432 g/mol. The van der Waals surface area contributed by atoms with E-state index >= 15 is 0 Å². The standard InChI is InChI=1S/C20H21FN4O4S/c1-28-18-10-14-17(11-19(18)29-2)22-12-23-20(14)13-5-6-16(15(21)9-13)24-30(26,27)25-7-3-4-8-25/h5-6,9-12,24H,3-4,7-8H2,1-2H3. The summed E-state index contributed by atoms with van der Waals surface area (Å²) in [6.45, 7) is 0.876. The van der Waals surface area contributed by atoms with Gasteiger partial charge in [0.25, 0.3) is 0 Å². The third kappa shape index (κ3) is 3.75. The van der Waals surface area contributed by atoms with Crippen LogP contribution in [0, 0.1) is 5.82 Å². The molecular formula is C20H21FN4O4S. The first kappa shape index (κ1) is 20.3. The van der Waals surface area contributed by atoms with Crippen LogP contribution in [-0.2, 0) is 10.2 Å². The smallest absolute Gasteiger partial charge is 0.301 e. The summed E-state index contributed by atoms with van der Waals surface area (Å²) in [6.07, 6.45) is 2.99. The van der Waals surface area contributed by atoms with E-state index in [9.17, 15) is 12.8 Å². The fourth-order valence-corrected chi connectivity index (χ4v) is 4.80. The Morgan fingerprint density at radius 3 is 2.40 bits per heavy atom. The summed E-state index contributed by atoms with van der Waals surface area (Å²) < 4.78 is 53.9. The van der Waals surface area contributed by atoms with E-state index in [1.807, 2.05) is 0 Å². The van der Waals surface area contributed by atoms with E-state index in [0.29, 0.717) is 46.7 Å². The topological polar surface area (TPSA) is 93.7 Å². The molecule has 0 spiro atoms. The molecule has 0 bridgehead atoms.